The SMILES string of the molecule is Cc1cc(Oc2c(F)cccc2F)ncc1-n1ncc(C(=O)c2cc3cc4c(cc3[nH]2)N(S(C)(=O)=O)CCC4)c1N. The first kappa shape index (κ1) is 26.4. The molecule has 3 aromatic heterocycles. The van der Waals surface area contributed by atoms with Gasteiger partial charge >= 0.3 is 0 Å². The molecule has 0 unspecified atom stereocenters. The molecule has 1 aliphatic heterocycles. The van der Waals surface area contributed by atoms with Gasteiger partial charge in [-0.15, -0.1) is 0 Å². The molecule has 4 heterocycles. The Kier molecular flexibility index (Phi) is 6.25. The van der Waals surface area contributed by atoms with Gasteiger partial charge in [0.25, 0.3) is 0 Å². The first-order chi connectivity index (χ1) is 19.5. The Morgan fingerprint density at radius 2 is 1.85 bits per heavy atom. The lowest BCUT2D eigenvalue weighted by molar-refractivity contribution is 0.103. The summed E-state index contributed by atoms with van der Waals surface area (Å²) in [6.07, 6.45) is 5.34. The third kappa shape index (κ3) is 4.67. The Morgan fingerprint density at radius 1 is 1.10 bits per heavy atom. The number of aromatic nitrogens is 4. The van der Waals surface area contributed by atoms with Crippen LogP contribution in [0.2, 0.25) is 0 Å². The molecule has 210 valence electrons. The van der Waals surface area contributed by atoms with E-state index in [4.69, 9.17) is 10.5 Å². The third-order valence-corrected chi connectivity index (χ3v) is 8.18. The number of sulfonamides is 1. The fourth-order valence-corrected chi connectivity index (χ4v) is 5.99. The van der Waals surface area contributed by atoms with Gasteiger partial charge in [-0.05, 0) is 61.2 Å². The molecule has 0 atom stereocenters. The molecule has 6 rings (SSSR count). The van der Waals surface area contributed by atoms with Gasteiger partial charge in [-0.2, -0.15) is 5.10 Å². The zero-order valence-electron chi connectivity index (χ0n) is 22.0. The molecular weight excluding hydrogens is 554 g/mol. The minimum Gasteiger partial charge on any atom is -0.433 e. The summed E-state index contributed by atoms with van der Waals surface area (Å²) < 4.78 is 60.6. The number of nitrogen functional groups attached to an aromatic ring is 1. The van der Waals surface area contributed by atoms with E-state index in [2.05, 4.69) is 15.1 Å². The molecule has 0 aliphatic carbocycles. The molecule has 13 heteroatoms. The smallest absolute Gasteiger partial charge is 0.232 e. The van der Waals surface area contributed by atoms with Crippen molar-refractivity contribution in [3.8, 4) is 17.3 Å². The molecule has 0 radical (unpaired) electrons. The van der Waals surface area contributed by atoms with Gasteiger partial charge in [0.15, 0.2) is 11.6 Å². The van der Waals surface area contributed by atoms with Crippen molar-refractivity contribution < 1.29 is 26.7 Å². The van der Waals surface area contributed by atoms with Gasteiger partial charge in [0.1, 0.15) is 5.82 Å². The number of hydrogen-bond donors (Lipinski definition) is 2. The summed E-state index contributed by atoms with van der Waals surface area (Å²) in [7, 11) is -3.44. The second-order valence-electron chi connectivity index (χ2n) is 9.84. The summed E-state index contributed by atoms with van der Waals surface area (Å²) in [6.45, 7) is 2.12. The number of ketones is 1. The number of rotatable bonds is 6. The highest BCUT2D eigenvalue weighted by Gasteiger charge is 2.26. The number of halogens is 2. The number of carbonyl (C=O) groups is 1. The molecule has 41 heavy (non-hydrogen) atoms. The summed E-state index contributed by atoms with van der Waals surface area (Å²) >= 11 is 0. The zero-order valence-corrected chi connectivity index (χ0v) is 22.8. The van der Waals surface area contributed by atoms with E-state index in [0.717, 1.165) is 29.5 Å². The number of pyridine rings is 1. The van der Waals surface area contributed by atoms with Crippen LogP contribution in [0.3, 0.4) is 0 Å². The highest BCUT2D eigenvalue weighted by molar-refractivity contribution is 7.92. The first-order valence-corrected chi connectivity index (χ1v) is 14.5. The molecule has 0 spiro atoms. The van der Waals surface area contributed by atoms with Crippen molar-refractivity contribution in [1.29, 1.82) is 0 Å². The average Bonchev–Trinajstić information content (AvgIpc) is 3.51. The lowest BCUT2D eigenvalue weighted by Crippen LogP contribution is -2.34. The Labute approximate surface area is 233 Å². The fraction of sp³-hybridized carbons (Fsp3) is 0.179. The van der Waals surface area contributed by atoms with Gasteiger partial charge in [-0.25, -0.2) is 26.9 Å². The monoisotopic (exact) mass is 578 g/mol. The van der Waals surface area contributed by atoms with Crippen LogP contribution >= 0.6 is 0 Å². The molecule has 0 saturated carbocycles. The van der Waals surface area contributed by atoms with Gasteiger partial charge in [0, 0.05) is 23.5 Å². The molecule has 2 aromatic carbocycles. The molecule has 0 bridgehead atoms. The number of para-hydroxylation sites is 1. The first-order valence-electron chi connectivity index (χ1n) is 12.6. The molecule has 3 N–H and O–H groups in total. The number of fused-ring (bicyclic) bond motifs is 2. The molecular formula is C28H24F2N6O4S. The van der Waals surface area contributed by atoms with Crippen molar-refractivity contribution in [2.45, 2.75) is 19.8 Å². The maximum atomic E-state index is 14.0. The molecule has 0 amide bonds. The van der Waals surface area contributed by atoms with Crippen molar-refractivity contribution in [2.75, 3.05) is 22.8 Å². The van der Waals surface area contributed by atoms with E-state index < -0.39 is 33.2 Å². The maximum Gasteiger partial charge on any atom is 0.232 e. The quantitative estimate of drug-likeness (QED) is 0.280. The maximum absolute atomic E-state index is 14.0. The fourth-order valence-electron chi connectivity index (χ4n) is 5.00. The van der Waals surface area contributed by atoms with Crippen molar-refractivity contribution in [1.82, 2.24) is 19.7 Å². The molecule has 10 nitrogen and oxygen atoms in total. The van der Waals surface area contributed by atoms with Crippen LogP contribution in [0.25, 0.3) is 16.6 Å². The standard InChI is InChI=1S/C28H24F2N6O4S/c1-15-9-25(40-27-19(29)6-3-7-20(27)30)32-14-24(15)36-28(31)18(13-33-36)26(37)22-11-17-10-16-5-4-8-35(41(2,38)39)23(16)12-21(17)34-22/h3,6-7,9-14,34H,4-5,8,31H2,1-2H3. The summed E-state index contributed by atoms with van der Waals surface area (Å²) in [5, 5.41) is 5.05. The van der Waals surface area contributed by atoms with Gasteiger partial charge < -0.3 is 15.5 Å². The van der Waals surface area contributed by atoms with Gasteiger partial charge in [-0.3, -0.25) is 9.10 Å². The van der Waals surface area contributed by atoms with Crippen molar-refractivity contribution in [2.24, 2.45) is 0 Å². The molecule has 1 aliphatic rings. The van der Waals surface area contributed by atoms with E-state index in [1.165, 1.54) is 39.8 Å². The summed E-state index contributed by atoms with van der Waals surface area (Å²) in [4.78, 5) is 20.7. The highest BCUT2D eigenvalue weighted by atomic mass is 32.2. The normalized spacial score (nSPS) is 13.4. The average molecular weight is 579 g/mol. The predicted octanol–water partition coefficient (Wildman–Crippen LogP) is 4.65. The van der Waals surface area contributed by atoms with Crippen LogP contribution in [0.4, 0.5) is 20.3 Å². The van der Waals surface area contributed by atoms with Crippen molar-refractivity contribution in [3.63, 3.8) is 0 Å². The van der Waals surface area contributed by atoms with Crippen LogP contribution in [0.15, 0.2) is 54.9 Å². The van der Waals surface area contributed by atoms with E-state index in [-0.39, 0.29) is 23.0 Å². The third-order valence-electron chi connectivity index (χ3n) is 7.00. The Bertz CT molecular complexity index is 1950. The number of carbonyl (C=O) groups excluding carboxylic acids is 1. The van der Waals surface area contributed by atoms with Crippen LogP contribution in [0, 0.1) is 18.6 Å². The number of nitrogens with zero attached hydrogens (tertiary/aromatic N) is 4. The van der Waals surface area contributed by atoms with E-state index in [9.17, 15) is 22.0 Å². The largest absolute Gasteiger partial charge is 0.433 e. The Balaban J connectivity index is 1.30. The second kappa shape index (κ2) is 9.70. The van der Waals surface area contributed by atoms with Crippen molar-refractivity contribution >= 4 is 38.2 Å². The number of ether oxygens (including phenoxy) is 1. The van der Waals surface area contributed by atoms with Crippen LogP contribution < -0.4 is 14.8 Å². The molecule has 0 saturated heterocycles. The van der Waals surface area contributed by atoms with Crippen LogP contribution in [-0.2, 0) is 16.4 Å². The van der Waals surface area contributed by atoms with E-state index in [1.807, 2.05) is 6.07 Å². The Morgan fingerprint density at radius 3 is 2.56 bits per heavy atom. The lowest BCUT2D eigenvalue weighted by Gasteiger charge is -2.29. The van der Waals surface area contributed by atoms with Gasteiger partial charge in [-0.1, -0.05) is 6.07 Å². The number of benzene rings is 2. The van der Waals surface area contributed by atoms with Crippen molar-refractivity contribution in [3.05, 3.63) is 88.9 Å². The van der Waals surface area contributed by atoms with Gasteiger partial charge in [0.05, 0.1) is 41.3 Å². The zero-order chi connectivity index (χ0) is 29.1. The summed E-state index contributed by atoms with van der Waals surface area (Å²) in [6, 6.07) is 10.2. The van der Waals surface area contributed by atoms with Crippen LogP contribution in [0.1, 0.15) is 33.6 Å². The number of nitrogens with two attached hydrogens (primary N) is 1. The van der Waals surface area contributed by atoms with E-state index in [0.29, 0.717) is 35.4 Å². The topological polar surface area (TPSA) is 136 Å². The molecule has 0 fully saturated rings. The number of anilines is 2. The lowest BCUT2D eigenvalue weighted by atomic mass is 10.0. The number of aryl methyl sites for hydroxylation is 2. The summed E-state index contributed by atoms with van der Waals surface area (Å²) in [5.74, 6) is -2.66. The van der Waals surface area contributed by atoms with Crippen LogP contribution in [0.5, 0.6) is 11.6 Å². The highest BCUT2D eigenvalue weighted by Crippen LogP contribution is 2.34. The number of H-pyrrole nitrogens is 1. The second-order valence-corrected chi connectivity index (χ2v) is 11.7. The number of nitrogens with one attached hydrogen (secondary N) is 1. The number of hydrogen-bond acceptors (Lipinski definition) is 7. The predicted molar refractivity (Wildman–Crippen MR) is 149 cm³/mol. The minimum absolute atomic E-state index is 0.0347. The van der Waals surface area contributed by atoms with Gasteiger partial charge in [0.2, 0.25) is 27.4 Å². The molecule has 5 aromatic rings. The van der Waals surface area contributed by atoms with Crippen LogP contribution in [-0.4, -0.2) is 46.8 Å². The Hall–Kier alpha value is -4.78. The number of aromatic amines is 1. The van der Waals surface area contributed by atoms with E-state index in [1.54, 1.807) is 19.1 Å². The minimum atomic E-state index is -3.44. The van der Waals surface area contributed by atoms with E-state index >= 15 is 0 Å². The summed E-state index contributed by atoms with van der Waals surface area (Å²) in [5.41, 5.74) is 9.89.